The number of ether oxygens (including phenoxy) is 3. The third-order valence-corrected chi connectivity index (χ3v) is 7.52. The van der Waals surface area contributed by atoms with Crippen LogP contribution < -0.4 is 0 Å². The normalized spacial score (nSPS) is 33.0. The molecule has 2 aliphatic carbocycles. The van der Waals surface area contributed by atoms with Gasteiger partial charge < -0.3 is 24.4 Å². The Labute approximate surface area is 194 Å². The van der Waals surface area contributed by atoms with Crippen LogP contribution in [0, 0.1) is 11.3 Å². The van der Waals surface area contributed by atoms with Gasteiger partial charge in [0, 0.05) is 30.7 Å². The van der Waals surface area contributed by atoms with Crippen molar-refractivity contribution in [2.24, 2.45) is 11.3 Å². The number of benzene rings is 1. The maximum absolute atomic E-state index is 13.1. The Balaban J connectivity index is 2.39. The second-order valence-corrected chi connectivity index (χ2v) is 9.98. The summed E-state index contributed by atoms with van der Waals surface area (Å²) in [5.74, 6) is -2.48. The van der Waals surface area contributed by atoms with Crippen LogP contribution in [0.25, 0.3) is 0 Å². The molecule has 0 heterocycles. The van der Waals surface area contributed by atoms with Gasteiger partial charge in [-0.1, -0.05) is 26.8 Å². The van der Waals surface area contributed by atoms with Crippen LogP contribution in [-0.4, -0.2) is 47.4 Å². The number of aliphatic hydroxyl groups excluding tert-OH is 1. The molecule has 1 saturated carbocycles. The topological polar surface area (TPSA) is 119 Å². The van der Waals surface area contributed by atoms with Crippen molar-refractivity contribution >= 4 is 17.9 Å². The molecule has 182 valence electrons. The molecule has 6 atom stereocenters. The van der Waals surface area contributed by atoms with Crippen molar-refractivity contribution in [2.75, 3.05) is 7.11 Å². The first-order valence-corrected chi connectivity index (χ1v) is 11.3. The molecule has 8 nitrogen and oxygen atoms in total. The highest BCUT2D eigenvalue weighted by molar-refractivity contribution is 5.78. The highest BCUT2D eigenvalue weighted by Gasteiger charge is 2.67. The van der Waals surface area contributed by atoms with Gasteiger partial charge >= 0.3 is 17.9 Å². The molecule has 1 aromatic carbocycles. The van der Waals surface area contributed by atoms with Gasteiger partial charge in [0.15, 0.2) is 0 Å². The number of methoxy groups -OCH3 is 1. The summed E-state index contributed by atoms with van der Waals surface area (Å²) in [7, 11) is 1.28. The molecule has 8 heteroatoms. The molecule has 2 N–H and O–H groups in total. The number of aliphatic hydroxyl groups is 1. The van der Waals surface area contributed by atoms with Crippen LogP contribution in [0.5, 0.6) is 5.75 Å². The largest absolute Gasteiger partial charge is 0.508 e. The maximum Gasteiger partial charge on any atom is 0.311 e. The van der Waals surface area contributed by atoms with Gasteiger partial charge in [-0.3, -0.25) is 14.4 Å². The lowest BCUT2D eigenvalue weighted by molar-refractivity contribution is -0.204. The smallest absolute Gasteiger partial charge is 0.311 e. The molecule has 33 heavy (non-hydrogen) atoms. The number of carbonyl (C=O) groups excluding carboxylic acids is 3. The summed E-state index contributed by atoms with van der Waals surface area (Å²) in [6.45, 7) is 9.96. The molecule has 1 aromatic rings. The lowest BCUT2D eigenvalue weighted by Crippen LogP contribution is -2.65. The summed E-state index contributed by atoms with van der Waals surface area (Å²) in [5.41, 5.74) is -0.739. The van der Waals surface area contributed by atoms with Crippen molar-refractivity contribution in [1.82, 2.24) is 0 Å². The number of phenolic OH excluding ortho intramolecular Hbond substituents is 1. The fraction of sp³-hybridized carbons (Fsp3) is 0.640. The van der Waals surface area contributed by atoms with E-state index in [-0.39, 0.29) is 18.1 Å². The molecule has 0 saturated heterocycles. The zero-order valence-corrected chi connectivity index (χ0v) is 20.3. The number of hydrogen-bond acceptors (Lipinski definition) is 8. The second kappa shape index (κ2) is 8.63. The molecule has 0 bridgehead atoms. The average Bonchev–Trinajstić information content (AvgIpc) is 2.72. The van der Waals surface area contributed by atoms with Crippen LogP contribution in [0.3, 0.4) is 0 Å². The average molecular weight is 463 g/mol. The van der Waals surface area contributed by atoms with Crippen LogP contribution in [0.4, 0.5) is 0 Å². The molecule has 0 aliphatic heterocycles. The van der Waals surface area contributed by atoms with E-state index in [0.29, 0.717) is 17.5 Å². The standard InChI is InChI=1S/C25H34O8/c1-12(2)15-10-16-19(17(28)11-15)25(6)18(32-13(3)26)8-9-24(5,23(30)31-7)22(25)21(20(16)29)33-14(4)27/h10-12,18,20-22,28-29H,8-9H2,1-7H3. The fourth-order valence-electron chi connectivity index (χ4n) is 6.12. The number of fused-ring (bicyclic) bond motifs is 3. The molecule has 0 radical (unpaired) electrons. The van der Waals surface area contributed by atoms with E-state index in [1.165, 1.54) is 21.0 Å². The molecular weight excluding hydrogens is 428 g/mol. The van der Waals surface area contributed by atoms with Gasteiger partial charge in [0.05, 0.1) is 12.5 Å². The molecule has 0 spiro atoms. The van der Waals surface area contributed by atoms with E-state index < -0.39 is 53.0 Å². The van der Waals surface area contributed by atoms with E-state index in [1.807, 2.05) is 13.8 Å². The molecule has 3 rings (SSSR count). The van der Waals surface area contributed by atoms with Crippen LogP contribution >= 0.6 is 0 Å². The minimum Gasteiger partial charge on any atom is -0.508 e. The molecule has 0 aromatic heterocycles. The highest BCUT2D eigenvalue weighted by atomic mass is 16.6. The van der Waals surface area contributed by atoms with E-state index in [2.05, 4.69) is 0 Å². The molecule has 1 fully saturated rings. The zero-order chi connectivity index (χ0) is 24.9. The monoisotopic (exact) mass is 462 g/mol. The Morgan fingerprint density at radius 1 is 1.09 bits per heavy atom. The predicted molar refractivity (Wildman–Crippen MR) is 118 cm³/mol. The van der Waals surface area contributed by atoms with Crippen molar-refractivity contribution in [2.45, 2.75) is 84.0 Å². The Morgan fingerprint density at radius 3 is 2.21 bits per heavy atom. The highest BCUT2D eigenvalue weighted by Crippen LogP contribution is 2.62. The van der Waals surface area contributed by atoms with Crippen LogP contribution in [0.15, 0.2) is 12.1 Å². The van der Waals surface area contributed by atoms with Crippen LogP contribution in [0.1, 0.15) is 83.1 Å². The Bertz CT molecular complexity index is 969. The minimum absolute atomic E-state index is 0.0575. The van der Waals surface area contributed by atoms with Gasteiger partial charge in [0.2, 0.25) is 0 Å². The summed E-state index contributed by atoms with van der Waals surface area (Å²) in [6, 6.07) is 3.43. The SMILES string of the molecule is COC(=O)C1(C)CCC(OC(C)=O)C2(C)c3c(O)cc(C(C)C)cc3C(O)C(OC(C)=O)C12. The van der Waals surface area contributed by atoms with Crippen molar-refractivity contribution in [3.63, 3.8) is 0 Å². The zero-order valence-electron chi connectivity index (χ0n) is 20.3. The predicted octanol–water partition coefficient (Wildman–Crippen LogP) is 3.27. The minimum atomic E-state index is -1.30. The van der Waals surface area contributed by atoms with Crippen molar-refractivity contribution in [3.05, 3.63) is 28.8 Å². The molecule has 0 amide bonds. The first kappa shape index (κ1) is 25.0. The van der Waals surface area contributed by atoms with E-state index in [1.54, 1.807) is 26.0 Å². The van der Waals surface area contributed by atoms with Crippen molar-refractivity contribution < 1.29 is 38.8 Å². The summed E-state index contributed by atoms with van der Waals surface area (Å²) in [5, 5.41) is 22.7. The van der Waals surface area contributed by atoms with Gasteiger partial charge in [0.1, 0.15) is 24.1 Å². The third-order valence-electron chi connectivity index (χ3n) is 7.52. The summed E-state index contributed by atoms with van der Waals surface area (Å²) in [6.07, 6.45) is -2.54. The Morgan fingerprint density at radius 2 is 1.70 bits per heavy atom. The number of esters is 3. The van der Waals surface area contributed by atoms with Gasteiger partial charge in [-0.05, 0) is 42.9 Å². The lowest BCUT2D eigenvalue weighted by Gasteiger charge is -2.59. The first-order chi connectivity index (χ1) is 15.3. The Kier molecular flexibility index (Phi) is 6.54. The van der Waals surface area contributed by atoms with Gasteiger partial charge in [0.25, 0.3) is 0 Å². The number of phenols is 1. The van der Waals surface area contributed by atoms with E-state index in [4.69, 9.17) is 14.2 Å². The van der Waals surface area contributed by atoms with Crippen molar-refractivity contribution in [1.29, 1.82) is 0 Å². The van der Waals surface area contributed by atoms with E-state index in [9.17, 15) is 24.6 Å². The number of aromatic hydroxyl groups is 1. The molecular formula is C25H34O8. The quantitative estimate of drug-likeness (QED) is 0.517. The molecule has 6 unspecified atom stereocenters. The number of carbonyl (C=O) groups is 3. The maximum atomic E-state index is 13.1. The second-order valence-electron chi connectivity index (χ2n) is 9.98. The van der Waals surface area contributed by atoms with Gasteiger partial charge in [-0.15, -0.1) is 0 Å². The van der Waals surface area contributed by atoms with Gasteiger partial charge in [-0.2, -0.15) is 0 Å². The third kappa shape index (κ3) is 3.88. The van der Waals surface area contributed by atoms with E-state index >= 15 is 0 Å². The summed E-state index contributed by atoms with van der Waals surface area (Å²) < 4.78 is 16.5. The van der Waals surface area contributed by atoms with Crippen molar-refractivity contribution in [3.8, 4) is 5.75 Å². The number of rotatable bonds is 4. The van der Waals surface area contributed by atoms with Crippen LogP contribution in [0.2, 0.25) is 0 Å². The first-order valence-electron chi connectivity index (χ1n) is 11.3. The Hall–Kier alpha value is -2.61. The van der Waals surface area contributed by atoms with E-state index in [0.717, 1.165) is 5.56 Å². The summed E-state index contributed by atoms with van der Waals surface area (Å²) in [4.78, 5) is 37.2. The van der Waals surface area contributed by atoms with Crippen LogP contribution in [-0.2, 0) is 34.0 Å². The number of hydrogen-bond donors (Lipinski definition) is 2. The molecule has 2 aliphatic rings. The lowest BCUT2D eigenvalue weighted by atomic mass is 9.47. The van der Waals surface area contributed by atoms with Gasteiger partial charge in [-0.25, -0.2) is 0 Å². The fourth-order valence-corrected chi connectivity index (χ4v) is 6.12. The summed E-state index contributed by atoms with van der Waals surface area (Å²) >= 11 is 0.